The minimum absolute atomic E-state index is 0.156. The Balaban J connectivity index is 0.955. The van der Waals surface area contributed by atoms with E-state index in [1.165, 1.54) is 4.57 Å². The molecule has 1 amide bonds. The summed E-state index contributed by atoms with van der Waals surface area (Å²) in [6.45, 7) is 3.60. The van der Waals surface area contributed by atoms with Gasteiger partial charge in [-0.15, -0.1) is 0 Å². The highest BCUT2D eigenvalue weighted by atomic mass is 31.1. The minimum atomic E-state index is -0.726. The number of nitrogens with zero attached hydrogens (tertiary/aromatic N) is 5. The van der Waals surface area contributed by atoms with Crippen molar-refractivity contribution in [3.8, 4) is 0 Å². The zero-order valence-corrected chi connectivity index (χ0v) is 30.0. The highest BCUT2D eigenvalue weighted by Crippen LogP contribution is 2.32. The zero-order valence-electron chi connectivity index (χ0n) is 29.0. The molecule has 1 saturated heterocycles. The van der Waals surface area contributed by atoms with E-state index in [-0.39, 0.29) is 12.5 Å². The Bertz CT molecular complexity index is 1540. The van der Waals surface area contributed by atoms with Crippen molar-refractivity contribution < 1.29 is 38.3 Å². The first-order chi connectivity index (χ1) is 24.9. The summed E-state index contributed by atoms with van der Waals surface area (Å²) in [4.78, 5) is 40.0. The van der Waals surface area contributed by atoms with Crippen LogP contribution >= 0.6 is 9.03 Å². The quantitative estimate of drug-likeness (QED) is 0.0632. The lowest BCUT2D eigenvalue weighted by atomic mass is 10.2. The molecule has 0 aliphatic carbocycles. The molecule has 4 atom stereocenters. The first-order valence-corrected chi connectivity index (χ1v) is 17.7. The van der Waals surface area contributed by atoms with Crippen LogP contribution in [-0.4, -0.2) is 111 Å². The fraction of sp³-hybridized carbons (Fsp3) is 0.500. The van der Waals surface area contributed by atoms with Crippen molar-refractivity contribution in [2.75, 3.05) is 83.6 Å². The summed E-state index contributed by atoms with van der Waals surface area (Å²) >= 11 is 0. The van der Waals surface area contributed by atoms with E-state index in [0.29, 0.717) is 89.1 Å². The average Bonchev–Trinajstić information content (AvgIpc) is 3.55. The van der Waals surface area contributed by atoms with Crippen molar-refractivity contribution >= 4 is 37.8 Å². The Labute approximate surface area is 299 Å². The van der Waals surface area contributed by atoms with Crippen molar-refractivity contribution in [1.82, 2.24) is 14.9 Å². The number of ether oxygens (including phenoxy) is 4. The third-order valence-electron chi connectivity index (χ3n) is 7.75. The summed E-state index contributed by atoms with van der Waals surface area (Å²) in [7, 11) is 3.24. The Kier molecular flexibility index (Phi) is 17.3. The van der Waals surface area contributed by atoms with Crippen LogP contribution in [0.25, 0.3) is 0 Å². The van der Waals surface area contributed by atoms with Gasteiger partial charge in [0, 0.05) is 64.3 Å². The van der Waals surface area contributed by atoms with Crippen LogP contribution < -0.4 is 21.2 Å². The van der Waals surface area contributed by atoms with E-state index in [1.54, 1.807) is 36.5 Å². The number of amides is 1. The normalized spacial score (nSPS) is 17.5. The van der Waals surface area contributed by atoms with Crippen LogP contribution in [0, 0.1) is 0 Å². The summed E-state index contributed by atoms with van der Waals surface area (Å²) in [6.07, 6.45) is 1.56. The molecule has 3 aromatic rings. The van der Waals surface area contributed by atoms with Gasteiger partial charge in [0.1, 0.15) is 18.1 Å². The molecule has 0 saturated carbocycles. The Hall–Kier alpha value is -3.86. The predicted molar refractivity (Wildman–Crippen MR) is 193 cm³/mol. The van der Waals surface area contributed by atoms with Gasteiger partial charge in [0.25, 0.3) is 5.91 Å². The van der Waals surface area contributed by atoms with E-state index < -0.39 is 33.2 Å². The molecule has 17 heteroatoms. The van der Waals surface area contributed by atoms with Gasteiger partial charge in [-0.25, -0.2) is 4.79 Å². The molecule has 1 aliphatic rings. The van der Waals surface area contributed by atoms with E-state index in [1.807, 2.05) is 43.3 Å². The number of azo groups is 1. The van der Waals surface area contributed by atoms with Crippen LogP contribution in [0.2, 0.25) is 0 Å². The van der Waals surface area contributed by atoms with Gasteiger partial charge < -0.3 is 49.0 Å². The van der Waals surface area contributed by atoms with Gasteiger partial charge in [0.05, 0.1) is 50.5 Å². The summed E-state index contributed by atoms with van der Waals surface area (Å²) in [5.41, 5.74) is 2.57. The topological polar surface area (TPSA) is 191 Å². The number of aromatic nitrogens is 2. The molecular formula is C34H48N7O9P. The first kappa shape index (κ1) is 39.9. The zero-order chi connectivity index (χ0) is 36.3. The molecule has 2 heterocycles. The summed E-state index contributed by atoms with van der Waals surface area (Å²) in [6, 6.07) is 16.4. The minimum Gasteiger partial charge on any atom is -0.394 e. The average molecular weight is 730 g/mol. The van der Waals surface area contributed by atoms with E-state index in [2.05, 4.69) is 25.8 Å². The maximum atomic E-state index is 12.5. The fourth-order valence-electron chi connectivity index (χ4n) is 4.98. The number of hydrogen-bond acceptors (Lipinski definition) is 14. The lowest BCUT2D eigenvalue weighted by Crippen LogP contribution is -2.28. The third-order valence-corrected chi connectivity index (χ3v) is 8.16. The summed E-state index contributed by atoms with van der Waals surface area (Å²) < 4.78 is 28.9. The molecule has 0 radical (unpaired) electrons. The SMILES string of the molecule is CN(C)c1ccc(N=Nc2ccc(C(=O)NCCCOCCOCCOCCCNc3ccn([C@H]4CC(OPO)[C@@H](CO)O4)c(=O)n3)cc2)cc1. The second kappa shape index (κ2) is 22.2. The summed E-state index contributed by atoms with van der Waals surface area (Å²) in [5.74, 6) is 0.285. The van der Waals surface area contributed by atoms with Crippen molar-refractivity contribution in [1.29, 1.82) is 0 Å². The van der Waals surface area contributed by atoms with Crippen LogP contribution in [0.15, 0.2) is 75.8 Å². The second-order valence-electron chi connectivity index (χ2n) is 11.7. The third kappa shape index (κ3) is 13.7. The maximum Gasteiger partial charge on any atom is 0.351 e. The Morgan fingerprint density at radius 2 is 1.55 bits per heavy atom. The summed E-state index contributed by atoms with van der Waals surface area (Å²) in [5, 5.41) is 23.9. The predicted octanol–water partition coefficient (Wildman–Crippen LogP) is 3.56. The number of aliphatic hydroxyl groups is 1. The van der Waals surface area contributed by atoms with Gasteiger partial charge in [-0.1, -0.05) is 0 Å². The molecule has 0 bridgehead atoms. The number of carbonyl (C=O) groups excluding carboxylic acids is 1. The van der Waals surface area contributed by atoms with E-state index in [9.17, 15) is 14.7 Å². The lowest BCUT2D eigenvalue weighted by molar-refractivity contribution is -0.0412. The standard InChI is InChI=1S/C34H48N7O9P/c1-40(2)28-11-9-27(10-12-28)39-38-26-7-5-25(6-8-26)33(43)36-15-4-18-47-20-22-48-21-19-46-17-3-14-35-31-13-16-41(34(44)37-31)32-23-29(50-51-45)30(24-42)49-32/h5-13,16,29-30,32,42,45,51H,3-4,14-15,17-24H2,1-2H3,(H,36,43)(H,35,37,44)/t29?,30-,32-/m1/s1. The first-order valence-electron chi connectivity index (χ1n) is 16.8. The van der Waals surface area contributed by atoms with Gasteiger partial charge in [-0.3, -0.25) is 9.36 Å². The number of aliphatic hydroxyl groups excluding tert-OH is 1. The molecule has 1 fully saturated rings. The van der Waals surface area contributed by atoms with E-state index in [0.717, 1.165) is 11.4 Å². The van der Waals surface area contributed by atoms with Gasteiger partial charge in [0.2, 0.25) is 0 Å². The van der Waals surface area contributed by atoms with Crippen molar-refractivity contribution in [3.05, 3.63) is 76.8 Å². The molecule has 16 nitrogen and oxygen atoms in total. The highest BCUT2D eigenvalue weighted by molar-refractivity contribution is 7.25. The van der Waals surface area contributed by atoms with Gasteiger partial charge in [-0.2, -0.15) is 15.2 Å². The number of carbonyl (C=O) groups is 1. The van der Waals surface area contributed by atoms with Crippen LogP contribution in [0.1, 0.15) is 35.8 Å². The molecule has 0 spiro atoms. The van der Waals surface area contributed by atoms with Crippen LogP contribution in [0.3, 0.4) is 0 Å². The largest absolute Gasteiger partial charge is 0.394 e. The molecular weight excluding hydrogens is 681 g/mol. The van der Waals surface area contributed by atoms with Gasteiger partial charge >= 0.3 is 5.69 Å². The number of hydrogen-bond donors (Lipinski definition) is 4. The van der Waals surface area contributed by atoms with Gasteiger partial charge in [0.15, 0.2) is 9.03 Å². The van der Waals surface area contributed by atoms with E-state index >= 15 is 0 Å². The fourth-order valence-corrected chi connectivity index (χ4v) is 5.36. The Morgan fingerprint density at radius 3 is 2.14 bits per heavy atom. The number of benzene rings is 2. The molecule has 1 aromatic heterocycles. The molecule has 51 heavy (non-hydrogen) atoms. The highest BCUT2D eigenvalue weighted by Gasteiger charge is 2.37. The number of anilines is 2. The van der Waals surface area contributed by atoms with Crippen molar-refractivity contribution in [2.24, 2.45) is 10.2 Å². The van der Waals surface area contributed by atoms with Gasteiger partial charge in [-0.05, 0) is 67.4 Å². The monoisotopic (exact) mass is 729 g/mol. The van der Waals surface area contributed by atoms with Crippen LogP contribution in [0.5, 0.6) is 0 Å². The molecule has 1 aliphatic heterocycles. The second-order valence-corrected chi connectivity index (χ2v) is 12.1. The van der Waals surface area contributed by atoms with Crippen LogP contribution in [-0.2, 0) is 23.5 Å². The maximum absolute atomic E-state index is 12.5. The van der Waals surface area contributed by atoms with Crippen LogP contribution in [0.4, 0.5) is 22.9 Å². The molecule has 4 N–H and O–H groups in total. The number of nitrogens with one attached hydrogen (secondary N) is 2. The van der Waals surface area contributed by atoms with E-state index in [4.69, 9.17) is 28.4 Å². The van der Waals surface area contributed by atoms with Crippen molar-refractivity contribution in [2.45, 2.75) is 37.7 Å². The smallest absolute Gasteiger partial charge is 0.351 e. The molecule has 278 valence electrons. The Morgan fingerprint density at radius 1 is 0.941 bits per heavy atom. The molecule has 2 aromatic carbocycles. The number of rotatable bonds is 23. The lowest BCUT2D eigenvalue weighted by Gasteiger charge is -2.15. The molecule has 2 unspecified atom stereocenters. The molecule has 4 rings (SSSR count). The van der Waals surface area contributed by atoms with Crippen molar-refractivity contribution in [3.63, 3.8) is 0 Å².